The molecule has 0 unspecified atom stereocenters. The van der Waals surface area contributed by atoms with Crippen LogP contribution in [0.3, 0.4) is 0 Å². The first-order valence-corrected chi connectivity index (χ1v) is 5.96. The van der Waals surface area contributed by atoms with E-state index in [0.29, 0.717) is 5.52 Å². The van der Waals surface area contributed by atoms with Gasteiger partial charge in [0.15, 0.2) is 5.56 Å². The zero-order valence-corrected chi connectivity index (χ0v) is 11.0. The van der Waals surface area contributed by atoms with Crippen molar-refractivity contribution in [3.8, 4) is 0 Å². The number of esters is 1. The van der Waals surface area contributed by atoms with Gasteiger partial charge < -0.3 is 14.6 Å². The smallest absolute Gasteiger partial charge is 0.345 e. The molecule has 102 valence electrons. The number of nitrogens with one attached hydrogen (secondary N) is 1. The van der Waals surface area contributed by atoms with Crippen LogP contribution < -0.4 is 10.4 Å². The zero-order chi connectivity index (χ0) is 14.3. The molecule has 2 aromatic heterocycles. The van der Waals surface area contributed by atoms with E-state index in [2.05, 4.69) is 4.98 Å². The van der Waals surface area contributed by atoms with Crippen LogP contribution in [0.4, 0.5) is 0 Å². The first-order chi connectivity index (χ1) is 9.67. The summed E-state index contributed by atoms with van der Waals surface area (Å²) >= 11 is 0. The summed E-state index contributed by atoms with van der Waals surface area (Å²) in [7, 11) is 2.60. The molecule has 0 aliphatic rings. The largest absolute Gasteiger partial charge is 0.465 e. The molecule has 0 radical (unpaired) electrons. The molecule has 1 N–H and O–H groups in total. The quantitative estimate of drug-likeness (QED) is 0.714. The maximum atomic E-state index is 12.2. The third-order valence-electron chi connectivity index (χ3n) is 3.24. The van der Waals surface area contributed by atoms with Crippen LogP contribution in [0.2, 0.25) is 0 Å². The Hall–Kier alpha value is -2.76. The number of ether oxygens (including phenoxy) is 1. The van der Waals surface area contributed by atoms with Crippen LogP contribution in [-0.2, 0) is 4.74 Å². The highest BCUT2D eigenvalue weighted by atomic mass is 16.6. The topological polar surface area (TPSA) is 73.3 Å². The summed E-state index contributed by atoms with van der Waals surface area (Å²) < 4.78 is 5.72. The Morgan fingerprint density at radius 2 is 1.95 bits per heavy atom. The molecule has 2 heterocycles. The Bertz CT molecular complexity index is 876. The van der Waals surface area contributed by atoms with E-state index < -0.39 is 11.5 Å². The van der Waals surface area contributed by atoms with Gasteiger partial charge in [0, 0.05) is 16.3 Å². The molecule has 3 aromatic rings. The number of rotatable bonds is 2. The Morgan fingerprint density at radius 1 is 1.20 bits per heavy atom. The lowest BCUT2D eigenvalue weighted by Gasteiger charge is -2.06. The fourth-order valence-electron chi connectivity index (χ4n) is 2.31. The van der Waals surface area contributed by atoms with Gasteiger partial charge >= 0.3 is 5.97 Å². The lowest BCUT2D eigenvalue weighted by atomic mass is 10.1. The molecule has 0 spiro atoms. The Morgan fingerprint density at radius 3 is 2.65 bits per heavy atom. The molecular formula is C14H12N2O4. The van der Waals surface area contributed by atoms with Gasteiger partial charge in [-0.15, -0.1) is 0 Å². The molecule has 0 aliphatic carbocycles. The van der Waals surface area contributed by atoms with E-state index >= 15 is 0 Å². The highest BCUT2D eigenvalue weighted by Gasteiger charge is 2.21. The maximum Gasteiger partial charge on any atom is 0.345 e. The number of carbonyl (C=O) groups is 1. The molecule has 0 aliphatic heterocycles. The third kappa shape index (κ3) is 1.58. The van der Waals surface area contributed by atoms with E-state index in [1.165, 1.54) is 14.2 Å². The molecule has 0 atom stereocenters. The van der Waals surface area contributed by atoms with Crippen molar-refractivity contribution in [2.24, 2.45) is 0 Å². The summed E-state index contributed by atoms with van der Waals surface area (Å²) in [5, 5.41) is 1.63. The van der Waals surface area contributed by atoms with Crippen LogP contribution in [0.1, 0.15) is 10.4 Å². The van der Waals surface area contributed by atoms with Crippen LogP contribution in [0, 0.1) is 0 Å². The molecule has 0 saturated heterocycles. The first kappa shape index (κ1) is 12.3. The summed E-state index contributed by atoms with van der Waals surface area (Å²) in [6, 6.07) is 7.53. The predicted molar refractivity (Wildman–Crippen MR) is 73.9 cm³/mol. The van der Waals surface area contributed by atoms with E-state index in [1.54, 1.807) is 6.20 Å². The molecule has 0 amide bonds. The van der Waals surface area contributed by atoms with Gasteiger partial charge in [0.05, 0.1) is 18.8 Å². The van der Waals surface area contributed by atoms with E-state index in [1.807, 2.05) is 24.3 Å². The molecule has 1 aromatic carbocycles. The molecular weight excluding hydrogens is 260 g/mol. The summed E-state index contributed by atoms with van der Waals surface area (Å²) in [6.07, 6.45) is 1.56. The van der Waals surface area contributed by atoms with Crippen LogP contribution >= 0.6 is 0 Å². The minimum absolute atomic E-state index is 0.0666. The summed E-state index contributed by atoms with van der Waals surface area (Å²) in [5.74, 6) is -0.696. The number of aromatic nitrogens is 2. The number of nitrogens with zero attached hydrogens (tertiary/aromatic N) is 1. The van der Waals surface area contributed by atoms with Crippen molar-refractivity contribution >= 4 is 27.8 Å². The van der Waals surface area contributed by atoms with E-state index in [4.69, 9.17) is 9.57 Å². The van der Waals surface area contributed by atoms with E-state index in [9.17, 15) is 9.59 Å². The highest BCUT2D eigenvalue weighted by Crippen LogP contribution is 2.26. The molecule has 6 heteroatoms. The van der Waals surface area contributed by atoms with Crippen LogP contribution in [0.25, 0.3) is 21.8 Å². The summed E-state index contributed by atoms with van der Waals surface area (Å²) in [5.41, 5.74) is 0.665. The standard InChI is InChI=1S/C14H12N2O4/c1-19-14(18)11-12-9(7-16(20-2)13(11)17)8-5-3-4-6-10(8)15-12/h3-7,15H,1-2H3. The number of benzene rings is 1. The lowest BCUT2D eigenvalue weighted by molar-refractivity contribution is 0.0594. The molecule has 3 rings (SSSR count). The van der Waals surface area contributed by atoms with Gasteiger partial charge in [0.25, 0.3) is 5.56 Å². The van der Waals surface area contributed by atoms with E-state index in [0.717, 1.165) is 21.0 Å². The molecule has 6 nitrogen and oxygen atoms in total. The normalized spacial score (nSPS) is 10.9. The lowest BCUT2D eigenvalue weighted by Crippen LogP contribution is -2.30. The predicted octanol–water partition coefficient (Wildman–Crippen LogP) is 1.33. The van der Waals surface area contributed by atoms with Gasteiger partial charge in [0.2, 0.25) is 0 Å². The van der Waals surface area contributed by atoms with Gasteiger partial charge in [-0.1, -0.05) is 18.2 Å². The summed E-state index contributed by atoms with van der Waals surface area (Å²) in [6.45, 7) is 0. The number of carbonyl (C=O) groups excluding carboxylic acids is 1. The maximum absolute atomic E-state index is 12.2. The zero-order valence-electron chi connectivity index (χ0n) is 11.0. The number of pyridine rings is 1. The van der Waals surface area contributed by atoms with Crippen molar-refractivity contribution < 1.29 is 14.4 Å². The molecule has 20 heavy (non-hydrogen) atoms. The summed E-state index contributed by atoms with van der Waals surface area (Å²) in [4.78, 5) is 32.2. The molecule has 0 bridgehead atoms. The van der Waals surface area contributed by atoms with E-state index in [-0.39, 0.29) is 5.56 Å². The van der Waals surface area contributed by atoms with Crippen LogP contribution in [-0.4, -0.2) is 29.9 Å². The number of fused-ring (bicyclic) bond motifs is 3. The van der Waals surface area contributed by atoms with Gasteiger partial charge in [-0.2, -0.15) is 4.73 Å². The monoisotopic (exact) mass is 272 g/mol. The third-order valence-corrected chi connectivity index (χ3v) is 3.24. The van der Waals surface area contributed by atoms with Gasteiger partial charge in [-0.25, -0.2) is 4.79 Å². The van der Waals surface area contributed by atoms with Crippen LogP contribution in [0.5, 0.6) is 0 Å². The molecule has 0 saturated carbocycles. The Labute approximate surface area is 113 Å². The fraction of sp³-hybridized carbons (Fsp3) is 0.143. The number of aromatic amines is 1. The average molecular weight is 272 g/mol. The van der Waals surface area contributed by atoms with Crippen molar-refractivity contribution in [1.29, 1.82) is 0 Å². The second kappa shape index (κ2) is 4.41. The average Bonchev–Trinajstić information content (AvgIpc) is 2.83. The second-order valence-electron chi connectivity index (χ2n) is 4.27. The Balaban J connectivity index is 2.54. The number of hydrogen-bond acceptors (Lipinski definition) is 4. The fourth-order valence-corrected chi connectivity index (χ4v) is 2.31. The van der Waals surface area contributed by atoms with Crippen LogP contribution in [0.15, 0.2) is 35.3 Å². The second-order valence-corrected chi connectivity index (χ2v) is 4.27. The highest BCUT2D eigenvalue weighted by molar-refractivity contribution is 6.13. The van der Waals surface area contributed by atoms with Crippen molar-refractivity contribution in [1.82, 2.24) is 9.71 Å². The molecule has 0 fully saturated rings. The minimum atomic E-state index is -0.696. The van der Waals surface area contributed by atoms with Gasteiger partial charge in [-0.05, 0) is 6.07 Å². The number of methoxy groups -OCH3 is 1. The van der Waals surface area contributed by atoms with Gasteiger partial charge in [-0.3, -0.25) is 4.79 Å². The first-order valence-electron chi connectivity index (χ1n) is 5.96. The van der Waals surface area contributed by atoms with Crippen molar-refractivity contribution in [3.05, 3.63) is 46.4 Å². The van der Waals surface area contributed by atoms with Crippen molar-refractivity contribution in [2.45, 2.75) is 0 Å². The SMILES string of the molecule is COC(=O)c1c(=O)n(OC)cc2c1[nH]c1ccccc12. The van der Waals surface area contributed by atoms with Gasteiger partial charge in [0.1, 0.15) is 7.11 Å². The minimum Gasteiger partial charge on any atom is -0.465 e. The number of hydrogen-bond donors (Lipinski definition) is 1. The van der Waals surface area contributed by atoms with Crippen molar-refractivity contribution in [3.63, 3.8) is 0 Å². The van der Waals surface area contributed by atoms with Crippen molar-refractivity contribution in [2.75, 3.05) is 14.2 Å². The number of para-hydroxylation sites is 1. The number of H-pyrrole nitrogens is 1. The Kier molecular flexibility index (Phi) is 2.71.